The number of H-pyrrole nitrogens is 1. The van der Waals surface area contributed by atoms with Gasteiger partial charge >= 0.3 is 6.09 Å². The molecule has 0 unspecified atom stereocenters. The molecule has 1 aromatic heterocycles. The van der Waals surface area contributed by atoms with Crippen molar-refractivity contribution in [2.75, 3.05) is 30.9 Å². The number of amides is 1. The van der Waals surface area contributed by atoms with Crippen molar-refractivity contribution >= 4 is 42.7 Å². The lowest BCUT2D eigenvalue weighted by atomic mass is 10.1. The molecule has 1 amide bonds. The Labute approximate surface area is 222 Å². The van der Waals surface area contributed by atoms with Gasteiger partial charge in [0.15, 0.2) is 0 Å². The predicted molar refractivity (Wildman–Crippen MR) is 142 cm³/mol. The van der Waals surface area contributed by atoms with E-state index < -0.39 is 31.7 Å². The molecule has 1 fully saturated rings. The molecule has 0 atom stereocenters. The molecule has 11 nitrogen and oxygen atoms in total. The quantitative estimate of drug-likeness (QED) is 0.486. The lowest BCUT2D eigenvalue weighted by Crippen LogP contribution is -2.51. The van der Waals surface area contributed by atoms with E-state index >= 15 is 0 Å². The molecule has 2 N–H and O–H groups in total. The first-order valence-electron chi connectivity index (χ1n) is 11.8. The van der Waals surface area contributed by atoms with Gasteiger partial charge in [-0.2, -0.15) is 9.57 Å². The molecule has 0 aliphatic carbocycles. The van der Waals surface area contributed by atoms with E-state index in [1.807, 2.05) is 6.92 Å². The van der Waals surface area contributed by atoms with Crippen LogP contribution < -0.4 is 4.72 Å². The summed E-state index contributed by atoms with van der Waals surface area (Å²) in [7, 11) is -7.95. The van der Waals surface area contributed by atoms with E-state index in [-0.39, 0.29) is 41.7 Å². The number of nitrogens with zero attached hydrogens (tertiary/aromatic N) is 3. The number of aromatic amines is 1. The van der Waals surface area contributed by atoms with Gasteiger partial charge in [0.1, 0.15) is 11.7 Å². The Morgan fingerprint density at radius 3 is 2.18 bits per heavy atom. The topological polar surface area (TPSA) is 153 Å². The zero-order valence-corrected chi connectivity index (χ0v) is 23.1. The summed E-state index contributed by atoms with van der Waals surface area (Å²) in [5.41, 5.74) is 1.33. The summed E-state index contributed by atoms with van der Waals surface area (Å²) in [5, 5.41) is 9.96. The number of carbonyl (C=O) groups is 1. The zero-order chi connectivity index (χ0) is 27.9. The number of nitrogens with one attached hydrogen (secondary N) is 2. The van der Waals surface area contributed by atoms with Gasteiger partial charge in [-0.1, -0.05) is 6.07 Å². The minimum atomic E-state index is -4.05. The molecule has 202 valence electrons. The van der Waals surface area contributed by atoms with Crippen LogP contribution in [-0.4, -0.2) is 68.9 Å². The number of aromatic nitrogens is 1. The van der Waals surface area contributed by atoms with Crippen LogP contribution >= 0.6 is 0 Å². The average molecular weight is 560 g/mol. The van der Waals surface area contributed by atoms with Crippen molar-refractivity contribution in [2.45, 2.75) is 43.1 Å². The molecule has 0 saturated carbocycles. The Kier molecular flexibility index (Phi) is 7.17. The lowest BCUT2D eigenvalue weighted by molar-refractivity contribution is 0.0192. The number of hydrogen-bond donors (Lipinski definition) is 2. The highest BCUT2D eigenvalue weighted by Gasteiger charge is 2.32. The summed E-state index contributed by atoms with van der Waals surface area (Å²) in [6.07, 6.45) is 1.02. The number of nitriles is 1. The summed E-state index contributed by atoms with van der Waals surface area (Å²) in [5.74, 6) is 0. The van der Waals surface area contributed by atoms with Gasteiger partial charge in [0.25, 0.3) is 10.0 Å². The van der Waals surface area contributed by atoms with Crippen LogP contribution in [0.15, 0.2) is 52.4 Å². The number of ether oxygens (including phenoxy) is 1. The van der Waals surface area contributed by atoms with E-state index in [9.17, 15) is 26.9 Å². The number of rotatable bonds is 5. The Bertz CT molecular complexity index is 1620. The first-order chi connectivity index (χ1) is 17.7. The van der Waals surface area contributed by atoms with Gasteiger partial charge in [0.05, 0.1) is 26.6 Å². The molecule has 38 heavy (non-hydrogen) atoms. The van der Waals surface area contributed by atoms with Gasteiger partial charge in [-0.15, -0.1) is 0 Å². The first kappa shape index (κ1) is 27.4. The third kappa shape index (κ3) is 5.47. The number of benzene rings is 2. The van der Waals surface area contributed by atoms with Crippen molar-refractivity contribution in [1.29, 1.82) is 5.26 Å². The third-order valence-corrected chi connectivity index (χ3v) is 9.37. The molecular weight excluding hydrogens is 530 g/mol. The van der Waals surface area contributed by atoms with Crippen molar-refractivity contribution in [3.8, 4) is 6.07 Å². The molecule has 1 aliphatic heterocycles. The van der Waals surface area contributed by atoms with Crippen molar-refractivity contribution < 1.29 is 26.4 Å². The lowest BCUT2D eigenvalue weighted by Gasteiger charge is -2.35. The van der Waals surface area contributed by atoms with Crippen LogP contribution in [0.5, 0.6) is 0 Å². The van der Waals surface area contributed by atoms with Gasteiger partial charge < -0.3 is 14.6 Å². The minimum absolute atomic E-state index is 0.0528. The number of anilines is 1. The van der Waals surface area contributed by atoms with E-state index in [1.54, 1.807) is 32.9 Å². The average Bonchev–Trinajstić information content (AvgIpc) is 3.30. The molecule has 3 aromatic rings. The van der Waals surface area contributed by atoms with Gasteiger partial charge in [-0.05, 0) is 63.6 Å². The minimum Gasteiger partial charge on any atom is -0.444 e. The van der Waals surface area contributed by atoms with Crippen molar-refractivity contribution in [3.63, 3.8) is 0 Å². The van der Waals surface area contributed by atoms with E-state index in [1.165, 1.54) is 39.7 Å². The van der Waals surface area contributed by atoms with E-state index in [0.717, 1.165) is 5.56 Å². The summed E-state index contributed by atoms with van der Waals surface area (Å²) in [4.78, 5) is 16.5. The number of sulfonamides is 2. The molecule has 1 saturated heterocycles. The van der Waals surface area contributed by atoms with Gasteiger partial charge in [-0.3, -0.25) is 4.72 Å². The maximum atomic E-state index is 13.1. The molecule has 1 aliphatic rings. The molecule has 4 rings (SSSR count). The largest absolute Gasteiger partial charge is 0.444 e. The van der Waals surface area contributed by atoms with Crippen LogP contribution in [0.1, 0.15) is 31.9 Å². The third-order valence-electron chi connectivity index (χ3n) is 6.07. The maximum Gasteiger partial charge on any atom is 0.410 e. The monoisotopic (exact) mass is 559 g/mol. The second-order valence-corrected chi connectivity index (χ2v) is 13.6. The molecule has 2 heterocycles. The second kappa shape index (κ2) is 9.94. The van der Waals surface area contributed by atoms with E-state index in [4.69, 9.17) is 4.74 Å². The van der Waals surface area contributed by atoms with Crippen LogP contribution in [0.25, 0.3) is 10.9 Å². The number of hydrogen-bond acceptors (Lipinski definition) is 7. The Morgan fingerprint density at radius 1 is 1.00 bits per heavy atom. The van der Waals surface area contributed by atoms with Gasteiger partial charge in [-0.25, -0.2) is 21.6 Å². The normalized spacial score (nSPS) is 15.3. The van der Waals surface area contributed by atoms with E-state index in [2.05, 4.69) is 15.8 Å². The highest BCUT2D eigenvalue weighted by molar-refractivity contribution is 7.92. The highest BCUT2D eigenvalue weighted by atomic mass is 32.2. The molecule has 0 radical (unpaired) electrons. The fraction of sp³-hybridized carbons (Fsp3) is 0.360. The Balaban J connectivity index is 1.49. The molecule has 13 heteroatoms. The van der Waals surface area contributed by atoms with Crippen LogP contribution in [-0.2, 0) is 24.8 Å². The van der Waals surface area contributed by atoms with Gasteiger partial charge in [0.2, 0.25) is 10.0 Å². The number of aryl methyl sites for hydroxylation is 1. The molecule has 0 bridgehead atoms. The van der Waals surface area contributed by atoms with Crippen molar-refractivity contribution in [2.24, 2.45) is 0 Å². The SMILES string of the molecule is Cc1ccc(NS(=O)(=O)c2ccc(S(=O)(=O)N3CCN(C(=O)OC(C)(C)C)CC3)cc2)c2[nH]cc(C#N)c12. The Morgan fingerprint density at radius 2 is 1.61 bits per heavy atom. The summed E-state index contributed by atoms with van der Waals surface area (Å²) < 4.78 is 61.6. The molecule has 2 aromatic carbocycles. The summed E-state index contributed by atoms with van der Waals surface area (Å²) in [6.45, 7) is 7.65. The van der Waals surface area contributed by atoms with E-state index in [0.29, 0.717) is 16.5 Å². The molecular formula is C25H29N5O6S2. The van der Waals surface area contributed by atoms with Crippen LogP contribution in [0, 0.1) is 18.3 Å². The number of fused-ring (bicyclic) bond motifs is 1. The fourth-order valence-corrected chi connectivity index (χ4v) is 6.67. The maximum absolute atomic E-state index is 13.1. The van der Waals surface area contributed by atoms with Crippen LogP contribution in [0.3, 0.4) is 0 Å². The van der Waals surface area contributed by atoms with Crippen LogP contribution in [0.4, 0.5) is 10.5 Å². The summed E-state index contributed by atoms with van der Waals surface area (Å²) >= 11 is 0. The standard InChI is InChI=1S/C25H29N5O6S2/c1-17-5-10-21(23-22(17)18(15-26)16-27-23)28-37(32,33)19-6-8-20(9-7-19)38(34,35)30-13-11-29(12-14-30)24(31)36-25(2,3)4/h5-10,16,27-28H,11-14H2,1-4H3. The summed E-state index contributed by atoms with van der Waals surface area (Å²) in [6, 6.07) is 10.3. The smallest absolute Gasteiger partial charge is 0.410 e. The van der Waals surface area contributed by atoms with Crippen LogP contribution in [0.2, 0.25) is 0 Å². The first-order valence-corrected chi connectivity index (χ1v) is 14.8. The van der Waals surface area contributed by atoms with Crippen molar-refractivity contribution in [3.05, 3.63) is 53.7 Å². The Hall–Kier alpha value is -3.60. The van der Waals surface area contributed by atoms with Gasteiger partial charge in [0, 0.05) is 37.8 Å². The predicted octanol–water partition coefficient (Wildman–Crippen LogP) is 3.39. The fourth-order valence-electron chi connectivity index (χ4n) is 4.17. The zero-order valence-electron chi connectivity index (χ0n) is 21.5. The molecule has 0 spiro atoms. The second-order valence-electron chi connectivity index (χ2n) is 9.94. The number of carbonyl (C=O) groups excluding carboxylic acids is 1. The highest BCUT2D eigenvalue weighted by Crippen LogP contribution is 2.30. The van der Waals surface area contributed by atoms with Crippen molar-refractivity contribution in [1.82, 2.24) is 14.2 Å². The number of piperazine rings is 1.